The molecule has 1 aliphatic rings. The summed E-state index contributed by atoms with van der Waals surface area (Å²) in [5.74, 6) is 0. The predicted molar refractivity (Wildman–Crippen MR) is 50.4 cm³/mol. The fourth-order valence-corrected chi connectivity index (χ4v) is 1.86. The Morgan fingerprint density at radius 2 is 1.85 bits per heavy atom. The third-order valence-corrected chi connectivity index (χ3v) is 2.56. The monoisotopic (exact) mass is 175 g/mol. The topological polar surface area (TPSA) is 32.6 Å². The molecule has 0 aromatic heterocycles. The Hall–Kier alpha value is -1.31. The summed E-state index contributed by atoms with van der Waals surface area (Å²) in [7, 11) is 0. The second-order valence-electron chi connectivity index (χ2n) is 3.45. The van der Waals surface area contributed by atoms with Crippen LogP contribution in [-0.2, 0) is 12.8 Å². The van der Waals surface area contributed by atoms with E-state index in [9.17, 15) is 0 Å². The predicted octanol–water partition coefficient (Wildman–Crippen LogP) is 1.86. The van der Waals surface area contributed by atoms with Gasteiger partial charge in [0.15, 0.2) is 0 Å². The highest BCUT2D eigenvalue weighted by Gasteiger charge is 2.06. The summed E-state index contributed by atoms with van der Waals surface area (Å²) < 4.78 is 0. The summed E-state index contributed by atoms with van der Waals surface area (Å²) in [6.07, 6.45) is 4.81. The Kier molecular flexibility index (Phi) is 2.30. The van der Waals surface area contributed by atoms with Gasteiger partial charge in [0.2, 0.25) is 0 Å². The van der Waals surface area contributed by atoms with Crippen molar-refractivity contribution in [2.45, 2.75) is 25.7 Å². The molecule has 2 heteroatoms. The van der Waals surface area contributed by atoms with E-state index in [1.54, 1.807) is 0 Å². The van der Waals surface area contributed by atoms with E-state index >= 15 is 0 Å². The maximum Gasteiger partial charge on any atom is 0.102 e. The van der Waals surface area contributed by atoms with Crippen LogP contribution in [0.2, 0.25) is 0 Å². The van der Waals surface area contributed by atoms with Crippen LogP contribution in [0.1, 0.15) is 24.0 Å². The minimum Gasteiger partial charge on any atom is -0.410 e. The van der Waals surface area contributed by atoms with E-state index in [-0.39, 0.29) is 0 Å². The summed E-state index contributed by atoms with van der Waals surface area (Å²) >= 11 is 0. The molecule has 0 unspecified atom stereocenters. The van der Waals surface area contributed by atoms with Crippen molar-refractivity contribution in [1.82, 2.24) is 0 Å². The molecule has 0 bridgehead atoms. The lowest BCUT2D eigenvalue weighted by atomic mass is 9.94. The van der Waals surface area contributed by atoms with Crippen molar-refractivity contribution in [3.8, 4) is 0 Å². The Labute approximate surface area is 77.5 Å². The van der Waals surface area contributed by atoms with E-state index < -0.39 is 0 Å². The van der Waals surface area contributed by atoms with Crippen molar-refractivity contribution in [2.75, 3.05) is 0 Å². The van der Waals surface area contributed by atoms with Crippen molar-refractivity contribution in [3.63, 3.8) is 0 Å². The fourth-order valence-electron chi connectivity index (χ4n) is 1.86. The molecule has 0 amide bonds. The highest BCUT2D eigenvalue weighted by Crippen LogP contribution is 2.18. The molecule has 0 saturated heterocycles. The van der Waals surface area contributed by atoms with Gasteiger partial charge in [-0.05, 0) is 48.9 Å². The first-order valence-corrected chi connectivity index (χ1v) is 4.70. The fraction of sp³-hybridized carbons (Fsp3) is 0.364. The molecule has 1 N–H and O–H groups in total. The van der Waals surface area contributed by atoms with Crippen LogP contribution in [0.15, 0.2) is 29.4 Å². The largest absolute Gasteiger partial charge is 0.410 e. The van der Waals surface area contributed by atoms with Crippen molar-refractivity contribution in [1.29, 1.82) is 0 Å². The Bertz CT molecular complexity index is 371. The standard InChI is InChI=1S/C11H13NO/c13-12-11-7-3-6-9-4-1-2-5-10(9)8-11/h3,6-8,13H,1-2,4-5H2. The van der Waals surface area contributed by atoms with E-state index in [2.05, 4.69) is 11.2 Å². The van der Waals surface area contributed by atoms with Crippen LogP contribution < -0.4 is 5.36 Å². The van der Waals surface area contributed by atoms with Crippen LogP contribution >= 0.6 is 0 Å². The number of rotatable bonds is 0. The minimum atomic E-state index is 0.656. The zero-order valence-corrected chi connectivity index (χ0v) is 7.53. The summed E-state index contributed by atoms with van der Waals surface area (Å²) in [5, 5.41) is 12.5. The van der Waals surface area contributed by atoms with E-state index in [0.717, 1.165) is 12.8 Å². The van der Waals surface area contributed by atoms with Crippen molar-refractivity contribution >= 4 is 0 Å². The van der Waals surface area contributed by atoms with E-state index in [1.165, 1.54) is 24.0 Å². The second kappa shape index (κ2) is 3.60. The molecule has 68 valence electrons. The van der Waals surface area contributed by atoms with E-state index in [1.807, 2.05) is 18.2 Å². The molecule has 0 heterocycles. The first-order valence-electron chi connectivity index (χ1n) is 4.70. The molecule has 0 saturated carbocycles. The molecule has 0 atom stereocenters. The number of hydrogen-bond donors (Lipinski definition) is 1. The molecule has 0 spiro atoms. The van der Waals surface area contributed by atoms with Crippen LogP contribution in [0, 0.1) is 0 Å². The van der Waals surface area contributed by atoms with Gasteiger partial charge in [0, 0.05) is 0 Å². The number of fused-ring (bicyclic) bond motifs is 1. The molecule has 2 rings (SSSR count). The lowest BCUT2D eigenvalue weighted by Crippen LogP contribution is -2.03. The summed E-state index contributed by atoms with van der Waals surface area (Å²) in [6, 6.07) is 7.90. The van der Waals surface area contributed by atoms with Gasteiger partial charge in [-0.15, -0.1) is 0 Å². The molecule has 0 aliphatic heterocycles. The first-order chi connectivity index (χ1) is 6.40. The third kappa shape index (κ3) is 1.72. The lowest BCUT2D eigenvalue weighted by molar-refractivity contribution is 0.302. The zero-order valence-electron chi connectivity index (χ0n) is 7.53. The van der Waals surface area contributed by atoms with Crippen LogP contribution in [0.25, 0.3) is 0 Å². The average molecular weight is 175 g/mol. The Balaban J connectivity index is 2.59. The second-order valence-corrected chi connectivity index (χ2v) is 3.45. The van der Waals surface area contributed by atoms with Gasteiger partial charge < -0.3 is 5.21 Å². The quantitative estimate of drug-likeness (QED) is 0.473. The van der Waals surface area contributed by atoms with Crippen molar-refractivity contribution in [3.05, 3.63) is 40.7 Å². The molecular weight excluding hydrogens is 162 g/mol. The summed E-state index contributed by atoms with van der Waals surface area (Å²) in [5.41, 5.74) is 2.74. The van der Waals surface area contributed by atoms with Crippen LogP contribution in [0.3, 0.4) is 0 Å². The average Bonchev–Trinajstić information content (AvgIpc) is 2.38. The first kappa shape index (κ1) is 8.30. The molecule has 2 nitrogen and oxygen atoms in total. The van der Waals surface area contributed by atoms with Gasteiger partial charge in [-0.3, -0.25) is 0 Å². The van der Waals surface area contributed by atoms with Gasteiger partial charge >= 0.3 is 0 Å². The van der Waals surface area contributed by atoms with Crippen LogP contribution in [-0.4, -0.2) is 5.21 Å². The van der Waals surface area contributed by atoms with E-state index in [0.29, 0.717) is 5.36 Å². The van der Waals surface area contributed by atoms with Gasteiger partial charge in [-0.2, -0.15) is 0 Å². The normalized spacial score (nSPS) is 16.8. The van der Waals surface area contributed by atoms with Gasteiger partial charge in [0.25, 0.3) is 0 Å². The van der Waals surface area contributed by atoms with Gasteiger partial charge in [0.1, 0.15) is 5.36 Å². The van der Waals surface area contributed by atoms with Gasteiger partial charge in [-0.1, -0.05) is 17.3 Å². The minimum absolute atomic E-state index is 0.656. The highest BCUT2D eigenvalue weighted by molar-refractivity contribution is 5.27. The third-order valence-electron chi connectivity index (χ3n) is 2.56. The Morgan fingerprint density at radius 3 is 2.62 bits per heavy atom. The molecular formula is C11H13NO. The van der Waals surface area contributed by atoms with Crippen molar-refractivity contribution in [2.24, 2.45) is 5.16 Å². The molecule has 0 radical (unpaired) electrons. The number of nitrogens with zero attached hydrogens (tertiary/aromatic N) is 1. The van der Waals surface area contributed by atoms with Crippen molar-refractivity contribution < 1.29 is 5.21 Å². The number of hydrogen-bond acceptors (Lipinski definition) is 2. The van der Waals surface area contributed by atoms with Crippen LogP contribution in [0.5, 0.6) is 0 Å². The van der Waals surface area contributed by atoms with Gasteiger partial charge in [-0.25, -0.2) is 0 Å². The smallest absolute Gasteiger partial charge is 0.102 e. The Morgan fingerprint density at radius 1 is 1.08 bits per heavy atom. The van der Waals surface area contributed by atoms with E-state index in [4.69, 9.17) is 5.21 Å². The maximum atomic E-state index is 8.68. The molecule has 0 fully saturated rings. The SMILES string of the molecule is ON=c1cccc2c(c1)CCCC2. The van der Waals surface area contributed by atoms with Gasteiger partial charge in [0.05, 0.1) is 0 Å². The molecule has 13 heavy (non-hydrogen) atoms. The molecule has 1 aromatic rings. The van der Waals surface area contributed by atoms with Crippen LogP contribution in [0.4, 0.5) is 0 Å². The highest BCUT2D eigenvalue weighted by atomic mass is 16.4. The zero-order chi connectivity index (χ0) is 9.10. The number of aryl methyl sites for hydroxylation is 2. The molecule has 1 aliphatic carbocycles. The summed E-state index contributed by atoms with van der Waals surface area (Å²) in [6.45, 7) is 0. The maximum absolute atomic E-state index is 8.68. The molecule has 1 aromatic carbocycles. The lowest BCUT2D eigenvalue weighted by Gasteiger charge is -2.11. The summed E-state index contributed by atoms with van der Waals surface area (Å²) in [4.78, 5) is 0.